The summed E-state index contributed by atoms with van der Waals surface area (Å²) < 4.78 is 0. The van der Waals surface area contributed by atoms with Gasteiger partial charge in [0.05, 0.1) is 18.6 Å². The van der Waals surface area contributed by atoms with E-state index in [0.717, 1.165) is 6.92 Å². The van der Waals surface area contributed by atoms with Crippen LogP contribution in [0.25, 0.3) is 0 Å². The lowest BCUT2D eigenvalue weighted by atomic mass is 10.0. The fourth-order valence-corrected chi connectivity index (χ4v) is 2.69. The molecule has 0 saturated carbocycles. The molecular weight excluding hydrogens is 444 g/mol. The van der Waals surface area contributed by atoms with Crippen molar-refractivity contribution < 1.29 is 49.2 Å². The van der Waals surface area contributed by atoms with E-state index < -0.39 is 72.3 Å². The molecule has 0 radical (unpaired) electrons. The van der Waals surface area contributed by atoms with Crippen molar-refractivity contribution in [1.29, 1.82) is 0 Å². The fraction of sp³-hybridized carbons (Fsp3) is 0.684. The zero-order chi connectivity index (χ0) is 25.9. The molecule has 5 atom stereocenters. The Morgan fingerprint density at radius 1 is 0.788 bits per heavy atom. The maximum Gasteiger partial charge on any atom is 0.328 e. The van der Waals surface area contributed by atoms with Gasteiger partial charge >= 0.3 is 17.9 Å². The number of carboxylic acids is 3. The molecule has 0 spiro atoms. The molecule has 14 heteroatoms. The van der Waals surface area contributed by atoms with E-state index in [2.05, 4.69) is 10.6 Å². The lowest BCUT2D eigenvalue weighted by molar-refractivity contribution is -0.146. The summed E-state index contributed by atoms with van der Waals surface area (Å²) in [6, 6.07) is -5.90. The van der Waals surface area contributed by atoms with Crippen LogP contribution in [0.15, 0.2) is 0 Å². The van der Waals surface area contributed by atoms with Gasteiger partial charge in [0.15, 0.2) is 6.04 Å². The summed E-state index contributed by atoms with van der Waals surface area (Å²) in [5.74, 6) is -7.22. The number of hydrogen-bond acceptors (Lipinski definition) is 8. The van der Waals surface area contributed by atoms with E-state index in [1.807, 2.05) is 5.32 Å². The second-order valence-corrected chi connectivity index (χ2v) is 7.95. The van der Waals surface area contributed by atoms with Crippen LogP contribution in [0.2, 0.25) is 0 Å². The molecule has 0 aliphatic heterocycles. The van der Waals surface area contributed by atoms with Gasteiger partial charge in [0.2, 0.25) is 17.7 Å². The van der Waals surface area contributed by atoms with E-state index in [1.54, 1.807) is 13.8 Å². The smallest absolute Gasteiger partial charge is 0.328 e. The third kappa shape index (κ3) is 11.8. The molecule has 188 valence electrons. The molecule has 0 aliphatic rings. The van der Waals surface area contributed by atoms with Crippen LogP contribution in [-0.4, -0.2) is 86.3 Å². The maximum atomic E-state index is 12.8. The lowest BCUT2D eigenvalue weighted by Gasteiger charge is -2.26. The van der Waals surface area contributed by atoms with Gasteiger partial charge < -0.3 is 42.1 Å². The van der Waals surface area contributed by atoms with Gasteiger partial charge in [0.25, 0.3) is 0 Å². The van der Waals surface area contributed by atoms with Crippen molar-refractivity contribution in [3.05, 3.63) is 0 Å². The topological polar surface area (TPSA) is 245 Å². The molecule has 5 unspecified atom stereocenters. The predicted molar refractivity (Wildman–Crippen MR) is 112 cm³/mol. The summed E-state index contributed by atoms with van der Waals surface area (Å²) in [7, 11) is 0. The van der Waals surface area contributed by atoms with Crippen molar-refractivity contribution in [3.8, 4) is 0 Å². The molecule has 0 aromatic carbocycles. The minimum Gasteiger partial charge on any atom is -0.481 e. The number of nitrogens with one attached hydrogen (secondary N) is 3. The Bertz CT molecular complexity index is 740. The molecular formula is C19H32N4O10. The largest absolute Gasteiger partial charge is 0.481 e. The highest BCUT2D eigenvalue weighted by Gasteiger charge is 2.33. The normalized spacial score (nSPS) is 15.5. The molecule has 0 aromatic heterocycles. The SMILES string of the molecule is CC(C)CC(NC(=O)C(N)CCC(=O)O)C(=O)NC(CC(=O)O)C(=O)NC(C(=O)O)C(C)O. The molecule has 33 heavy (non-hydrogen) atoms. The minimum atomic E-state index is -1.75. The summed E-state index contributed by atoms with van der Waals surface area (Å²) in [6.45, 7) is 4.57. The zero-order valence-electron chi connectivity index (χ0n) is 18.6. The Labute approximate surface area is 189 Å². The first-order chi connectivity index (χ1) is 15.1. The van der Waals surface area contributed by atoms with Crippen LogP contribution in [0.1, 0.15) is 46.5 Å². The summed E-state index contributed by atoms with van der Waals surface area (Å²) >= 11 is 0. The highest BCUT2D eigenvalue weighted by atomic mass is 16.4. The van der Waals surface area contributed by atoms with Crippen LogP contribution in [0.3, 0.4) is 0 Å². The molecule has 0 fully saturated rings. The molecule has 3 amide bonds. The first-order valence-corrected chi connectivity index (χ1v) is 10.2. The highest BCUT2D eigenvalue weighted by molar-refractivity contribution is 5.95. The molecule has 0 aliphatic carbocycles. The first kappa shape index (κ1) is 29.7. The number of amides is 3. The van der Waals surface area contributed by atoms with E-state index in [0.29, 0.717) is 0 Å². The number of carbonyl (C=O) groups excluding carboxylic acids is 3. The summed E-state index contributed by atoms with van der Waals surface area (Å²) in [5, 5.41) is 42.9. The van der Waals surface area contributed by atoms with Crippen molar-refractivity contribution in [2.75, 3.05) is 0 Å². The van der Waals surface area contributed by atoms with E-state index >= 15 is 0 Å². The molecule has 0 rings (SSSR count). The molecule has 0 bridgehead atoms. The van der Waals surface area contributed by atoms with Crippen LogP contribution in [0.4, 0.5) is 0 Å². The standard InChI is InChI=1S/C19H32N4O10/c1-8(2)6-11(21-16(29)10(20)4-5-13(25)26)17(30)22-12(7-14(27)28)18(31)23-15(9(3)24)19(32)33/h8-12,15,24H,4-7,20H2,1-3H3,(H,21,29)(H,22,30)(H,23,31)(H,25,26)(H,27,28)(H,32,33). The van der Waals surface area contributed by atoms with Gasteiger partial charge in [0, 0.05) is 6.42 Å². The molecule has 0 saturated heterocycles. The Kier molecular flexibility index (Phi) is 12.6. The Balaban J connectivity index is 5.49. The molecule has 0 aromatic rings. The minimum absolute atomic E-state index is 0.0794. The number of aliphatic hydroxyl groups is 1. The summed E-state index contributed by atoms with van der Waals surface area (Å²) in [4.78, 5) is 70.4. The quantitative estimate of drug-likeness (QED) is 0.124. The van der Waals surface area contributed by atoms with Gasteiger partial charge in [0.1, 0.15) is 12.1 Å². The number of carboxylic acid groups (broad SMARTS) is 3. The highest BCUT2D eigenvalue weighted by Crippen LogP contribution is 2.08. The van der Waals surface area contributed by atoms with Crippen molar-refractivity contribution >= 4 is 35.6 Å². The van der Waals surface area contributed by atoms with Gasteiger partial charge in [-0.2, -0.15) is 0 Å². The fourth-order valence-electron chi connectivity index (χ4n) is 2.69. The number of hydrogen-bond donors (Lipinski definition) is 8. The third-order valence-corrected chi connectivity index (χ3v) is 4.40. The summed E-state index contributed by atoms with van der Waals surface area (Å²) in [5.41, 5.74) is 5.64. The number of carbonyl (C=O) groups is 6. The van der Waals surface area contributed by atoms with Crippen molar-refractivity contribution in [3.63, 3.8) is 0 Å². The van der Waals surface area contributed by atoms with E-state index in [4.69, 9.17) is 21.1 Å². The average Bonchev–Trinajstić information content (AvgIpc) is 2.67. The number of aliphatic hydroxyl groups excluding tert-OH is 1. The first-order valence-electron chi connectivity index (χ1n) is 10.2. The maximum absolute atomic E-state index is 12.8. The number of nitrogens with two attached hydrogens (primary N) is 1. The lowest BCUT2D eigenvalue weighted by Crippen LogP contribution is -2.58. The van der Waals surface area contributed by atoms with Gasteiger partial charge in [-0.25, -0.2) is 4.79 Å². The van der Waals surface area contributed by atoms with Gasteiger partial charge in [-0.05, 0) is 25.7 Å². The number of aliphatic carboxylic acids is 3. The van der Waals surface area contributed by atoms with Crippen LogP contribution < -0.4 is 21.7 Å². The zero-order valence-corrected chi connectivity index (χ0v) is 18.6. The van der Waals surface area contributed by atoms with Crippen LogP contribution in [0, 0.1) is 5.92 Å². The van der Waals surface area contributed by atoms with Gasteiger partial charge in [-0.15, -0.1) is 0 Å². The number of rotatable bonds is 15. The van der Waals surface area contributed by atoms with Crippen molar-refractivity contribution in [2.45, 2.75) is 76.7 Å². The Hall–Kier alpha value is -3.26. The second-order valence-electron chi connectivity index (χ2n) is 7.95. The van der Waals surface area contributed by atoms with E-state index in [1.165, 1.54) is 0 Å². The average molecular weight is 476 g/mol. The van der Waals surface area contributed by atoms with Crippen molar-refractivity contribution in [2.24, 2.45) is 11.7 Å². The van der Waals surface area contributed by atoms with Crippen molar-refractivity contribution in [1.82, 2.24) is 16.0 Å². The van der Waals surface area contributed by atoms with Crippen LogP contribution in [0.5, 0.6) is 0 Å². The Morgan fingerprint density at radius 3 is 1.73 bits per heavy atom. The Morgan fingerprint density at radius 2 is 1.30 bits per heavy atom. The molecule has 9 N–H and O–H groups in total. The van der Waals surface area contributed by atoms with Gasteiger partial charge in [-0.3, -0.25) is 24.0 Å². The van der Waals surface area contributed by atoms with Crippen LogP contribution >= 0.6 is 0 Å². The predicted octanol–water partition coefficient (Wildman–Crippen LogP) is -2.38. The van der Waals surface area contributed by atoms with Crippen LogP contribution in [-0.2, 0) is 28.8 Å². The monoisotopic (exact) mass is 476 g/mol. The van der Waals surface area contributed by atoms with E-state index in [9.17, 15) is 33.9 Å². The summed E-state index contributed by atoms with van der Waals surface area (Å²) in [6.07, 6.45) is -2.88. The van der Waals surface area contributed by atoms with Gasteiger partial charge in [-0.1, -0.05) is 13.8 Å². The molecule has 0 heterocycles. The second kappa shape index (κ2) is 14.0. The molecule has 14 nitrogen and oxygen atoms in total. The third-order valence-electron chi connectivity index (χ3n) is 4.40. The van der Waals surface area contributed by atoms with E-state index in [-0.39, 0.29) is 25.2 Å².